The van der Waals surface area contributed by atoms with Gasteiger partial charge in [-0.3, -0.25) is 4.79 Å². The van der Waals surface area contributed by atoms with Gasteiger partial charge in [0.15, 0.2) is 0 Å². The molecule has 2 fully saturated rings. The Morgan fingerprint density at radius 3 is 1.86 bits per heavy atom. The number of likely N-dealkylation sites (tertiary alicyclic amines) is 1. The first-order valence-corrected chi connectivity index (χ1v) is 15.4. The zero-order valence-electron chi connectivity index (χ0n) is 22.7. The minimum Gasteiger partial charge on any atom is -0.343 e. The van der Waals surface area contributed by atoms with Gasteiger partial charge in [0.25, 0.3) is 0 Å². The summed E-state index contributed by atoms with van der Waals surface area (Å²) in [5.74, 6) is -1.13. The Kier molecular flexibility index (Phi) is 8.71. The third-order valence-corrected chi connectivity index (χ3v) is 10.0. The number of nitrogens with zero attached hydrogens (tertiary/aromatic N) is 2. The van der Waals surface area contributed by atoms with Crippen LogP contribution in [0.5, 0.6) is 0 Å². The van der Waals surface area contributed by atoms with Crippen LogP contribution in [0.3, 0.4) is 0 Å². The van der Waals surface area contributed by atoms with Gasteiger partial charge in [-0.1, -0.05) is 30.3 Å². The molecule has 42 heavy (non-hydrogen) atoms. The molecule has 224 valence electrons. The summed E-state index contributed by atoms with van der Waals surface area (Å²) in [6.45, 7) is 0.644. The van der Waals surface area contributed by atoms with Crippen molar-refractivity contribution in [3.8, 4) is 0 Å². The van der Waals surface area contributed by atoms with Gasteiger partial charge in [0, 0.05) is 37.5 Å². The maximum atomic E-state index is 13.5. The van der Waals surface area contributed by atoms with Crippen molar-refractivity contribution >= 4 is 15.9 Å². The van der Waals surface area contributed by atoms with E-state index >= 15 is 0 Å². The Bertz CT molecular complexity index is 1450. The number of carbonyl (C=O) groups excluding carboxylic acids is 1. The number of hydrogen-bond donors (Lipinski definition) is 0. The van der Waals surface area contributed by atoms with Crippen molar-refractivity contribution in [2.24, 2.45) is 0 Å². The average Bonchev–Trinajstić information content (AvgIpc) is 3.80. The second kappa shape index (κ2) is 12.1. The Labute approximate surface area is 242 Å². The summed E-state index contributed by atoms with van der Waals surface area (Å²) >= 11 is 0. The highest BCUT2D eigenvalue weighted by molar-refractivity contribution is 7.89. The molecule has 5 rings (SSSR count). The van der Waals surface area contributed by atoms with Gasteiger partial charge in [-0.25, -0.2) is 17.2 Å². The quantitative estimate of drug-likeness (QED) is 0.254. The molecule has 3 aromatic carbocycles. The minimum atomic E-state index is -4.66. The van der Waals surface area contributed by atoms with Crippen LogP contribution in [-0.4, -0.2) is 48.7 Å². The molecule has 1 saturated heterocycles. The molecule has 1 aliphatic heterocycles. The summed E-state index contributed by atoms with van der Waals surface area (Å²) in [6, 6.07) is 15.1. The molecular formula is C31H31F5N2O3S. The second-order valence-corrected chi connectivity index (χ2v) is 12.7. The molecule has 0 unspecified atom stereocenters. The summed E-state index contributed by atoms with van der Waals surface area (Å²) in [5.41, 5.74) is 0.586. The van der Waals surface area contributed by atoms with Crippen LogP contribution in [0.1, 0.15) is 61.1 Å². The topological polar surface area (TPSA) is 57.7 Å². The van der Waals surface area contributed by atoms with E-state index < -0.39 is 27.8 Å². The van der Waals surface area contributed by atoms with Crippen molar-refractivity contribution < 1.29 is 35.2 Å². The Morgan fingerprint density at radius 2 is 1.36 bits per heavy atom. The van der Waals surface area contributed by atoms with E-state index in [1.165, 1.54) is 34.6 Å². The van der Waals surface area contributed by atoms with E-state index in [1.807, 2.05) is 0 Å². The predicted molar refractivity (Wildman–Crippen MR) is 147 cm³/mol. The van der Waals surface area contributed by atoms with Gasteiger partial charge in [0.05, 0.1) is 10.5 Å². The highest BCUT2D eigenvalue weighted by atomic mass is 32.2. The molecule has 3 aromatic rings. The maximum Gasteiger partial charge on any atom is 0.416 e. The van der Waals surface area contributed by atoms with Crippen LogP contribution in [0.2, 0.25) is 0 Å². The van der Waals surface area contributed by atoms with E-state index in [0.29, 0.717) is 51.3 Å². The van der Waals surface area contributed by atoms with Crippen LogP contribution in [-0.2, 0) is 21.0 Å². The molecule has 5 nitrogen and oxygen atoms in total. The normalized spacial score (nSPS) is 16.8. The number of hydrogen-bond acceptors (Lipinski definition) is 3. The standard InChI is InChI=1S/C31H31F5N2O3S/c32-24-8-4-21(5-9-24)29(22-6-10-25(33)11-7-22)14-15-30(39)37-18-16-27(17-19-37)38(26-12-13-26)42(40,41)28-3-1-2-23(20-28)31(34,35)36/h1-11,20,26-27,29H,12-19H2. The zero-order chi connectivity index (χ0) is 30.1. The number of halogens is 5. The largest absolute Gasteiger partial charge is 0.416 e. The molecule has 1 amide bonds. The van der Waals surface area contributed by atoms with Crippen LogP contribution in [0.4, 0.5) is 22.0 Å². The lowest BCUT2D eigenvalue weighted by Gasteiger charge is -2.38. The van der Waals surface area contributed by atoms with E-state index in [9.17, 15) is 35.2 Å². The van der Waals surface area contributed by atoms with Gasteiger partial charge in [-0.05, 0) is 85.7 Å². The Morgan fingerprint density at radius 1 is 0.833 bits per heavy atom. The van der Waals surface area contributed by atoms with Gasteiger partial charge < -0.3 is 4.90 Å². The van der Waals surface area contributed by atoms with Crippen LogP contribution < -0.4 is 0 Å². The minimum absolute atomic E-state index is 0.110. The second-order valence-electron chi connectivity index (χ2n) is 10.9. The third-order valence-electron chi connectivity index (χ3n) is 8.01. The number of amides is 1. The third kappa shape index (κ3) is 6.83. The fraction of sp³-hybridized carbons (Fsp3) is 0.387. The fourth-order valence-corrected chi connectivity index (χ4v) is 7.66. The van der Waals surface area contributed by atoms with Crippen LogP contribution in [0.15, 0.2) is 77.7 Å². The summed E-state index contributed by atoms with van der Waals surface area (Å²) in [6.07, 6.45) is -2.03. The van der Waals surface area contributed by atoms with Gasteiger partial charge in [0.1, 0.15) is 11.6 Å². The summed E-state index contributed by atoms with van der Waals surface area (Å²) in [7, 11) is -4.17. The maximum absolute atomic E-state index is 13.5. The van der Waals surface area contributed by atoms with Crippen molar-refractivity contribution in [1.29, 1.82) is 0 Å². The molecule has 0 spiro atoms. The van der Waals surface area contributed by atoms with Gasteiger partial charge in [-0.2, -0.15) is 17.5 Å². The van der Waals surface area contributed by atoms with E-state index in [4.69, 9.17) is 0 Å². The zero-order valence-corrected chi connectivity index (χ0v) is 23.6. The molecule has 1 aliphatic carbocycles. The lowest BCUT2D eigenvalue weighted by atomic mass is 9.87. The molecule has 1 heterocycles. The van der Waals surface area contributed by atoms with Crippen molar-refractivity contribution in [2.45, 2.75) is 67.6 Å². The number of sulfonamides is 1. The van der Waals surface area contributed by atoms with Crippen LogP contribution in [0, 0.1) is 11.6 Å². The SMILES string of the molecule is O=C(CCC(c1ccc(F)cc1)c1ccc(F)cc1)N1CCC(N(C2CC2)S(=O)(=O)c2cccc(C(F)(F)F)c2)CC1. The smallest absolute Gasteiger partial charge is 0.343 e. The molecule has 0 N–H and O–H groups in total. The van der Waals surface area contributed by atoms with Crippen molar-refractivity contribution in [2.75, 3.05) is 13.1 Å². The van der Waals surface area contributed by atoms with Crippen molar-refractivity contribution in [3.63, 3.8) is 0 Å². The lowest BCUT2D eigenvalue weighted by molar-refractivity contribution is -0.137. The molecule has 11 heteroatoms. The number of carbonyl (C=O) groups is 1. The predicted octanol–water partition coefficient (Wildman–Crippen LogP) is 6.74. The molecule has 0 radical (unpaired) electrons. The van der Waals surface area contributed by atoms with E-state index in [0.717, 1.165) is 23.3 Å². The highest BCUT2D eigenvalue weighted by Gasteiger charge is 2.44. The van der Waals surface area contributed by atoms with E-state index in [1.54, 1.807) is 29.2 Å². The van der Waals surface area contributed by atoms with Crippen molar-refractivity contribution in [3.05, 3.63) is 101 Å². The molecule has 1 saturated carbocycles. The highest BCUT2D eigenvalue weighted by Crippen LogP contribution is 2.38. The van der Waals surface area contributed by atoms with Crippen molar-refractivity contribution in [1.82, 2.24) is 9.21 Å². The van der Waals surface area contributed by atoms with E-state index in [-0.39, 0.29) is 40.8 Å². The lowest BCUT2D eigenvalue weighted by Crippen LogP contribution is -2.49. The fourth-order valence-electron chi connectivity index (χ4n) is 5.69. The summed E-state index contributed by atoms with van der Waals surface area (Å²) in [4.78, 5) is 14.5. The van der Waals surface area contributed by atoms with Crippen LogP contribution in [0.25, 0.3) is 0 Å². The average molecular weight is 607 g/mol. The Hall–Kier alpha value is -3.31. The first-order chi connectivity index (χ1) is 19.9. The van der Waals surface area contributed by atoms with Gasteiger partial charge in [-0.15, -0.1) is 0 Å². The molecule has 0 aromatic heterocycles. The number of rotatable bonds is 9. The number of benzene rings is 3. The molecule has 0 bridgehead atoms. The van der Waals surface area contributed by atoms with E-state index in [2.05, 4.69) is 0 Å². The van der Waals surface area contributed by atoms with Crippen LogP contribution >= 0.6 is 0 Å². The monoisotopic (exact) mass is 606 g/mol. The summed E-state index contributed by atoms with van der Waals surface area (Å²) in [5, 5.41) is 0. The number of piperidine rings is 1. The summed E-state index contributed by atoms with van der Waals surface area (Å²) < 4.78 is 95.3. The van der Waals surface area contributed by atoms with Gasteiger partial charge in [0.2, 0.25) is 15.9 Å². The molecule has 0 atom stereocenters. The molecular weight excluding hydrogens is 575 g/mol. The Balaban J connectivity index is 1.25. The number of alkyl halides is 3. The first-order valence-electron chi connectivity index (χ1n) is 13.9. The van der Waals surface area contributed by atoms with Gasteiger partial charge >= 0.3 is 6.18 Å². The molecule has 2 aliphatic rings. The first kappa shape index (κ1) is 30.2.